The summed E-state index contributed by atoms with van der Waals surface area (Å²) in [6.07, 6.45) is 2.53. The van der Waals surface area contributed by atoms with Gasteiger partial charge in [-0.25, -0.2) is 0 Å². The summed E-state index contributed by atoms with van der Waals surface area (Å²) in [6, 6.07) is 0. The van der Waals surface area contributed by atoms with Crippen molar-refractivity contribution >= 4 is 5.78 Å². The smallest absolute Gasteiger partial charge is 0.167 e. The number of carbonyl (C=O) groups is 1. The molecule has 0 aromatic carbocycles. The first-order chi connectivity index (χ1) is 9.31. The van der Waals surface area contributed by atoms with E-state index >= 15 is 0 Å². The molecule has 1 N–H and O–H groups in total. The Morgan fingerprint density at radius 3 is 2.65 bits per heavy atom. The van der Waals surface area contributed by atoms with Gasteiger partial charge in [-0.1, -0.05) is 23.8 Å². The molecule has 1 aliphatic rings. The van der Waals surface area contributed by atoms with Crippen LogP contribution in [-0.2, 0) is 14.3 Å². The minimum Gasteiger partial charge on any atom is -0.379 e. The fourth-order valence-electron chi connectivity index (χ4n) is 2.45. The first-order valence-electron chi connectivity index (χ1n) is 6.96. The molecule has 0 amide bonds. The lowest BCUT2D eigenvalue weighted by Gasteiger charge is -2.41. The van der Waals surface area contributed by atoms with Crippen molar-refractivity contribution in [2.24, 2.45) is 5.92 Å². The van der Waals surface area contributed by atoms with E-state index in [9.17, 15) is 9.90 Å². The molecule has 0 radical (unpaired) electrons. The number of ether oxygens (including phenoxy) is 2. The van der Waals surface area contributed by atoms with Gasteiger partial charge in [0.05, 0.1) is 6.10 Å². The Morgan fingerprint density at radius 1 is 1.50 bits per heavy atom. The molecule has 4 heteroatoms. The van der Waals surface area contributed by atoms with E-state index in [1.54, 1.807) is 0 Å². The van der Waals surface area contributed by atoms with Gasteiger partial charge in [-0.3, -0.25) is 4.79 Å². The molecule has 20 heavy (non-hydrogen) atoms. The number of hydrogen-bond donors (Lipinski definition) is 1. The summed E-state index contributed by atoms with van der Waals surface area (Å²) in [4.78, 5) is 12.4. The van der Waals surface area contributed by atoms with Gasteiger partial charge in [0.25, 0.3) is 0 Å². The summed E-state index contributed by atoms with van der Waals surface area (Å²) in [5.74, 6) is -0.105. The van der Waals surface area contributed by atoms with E-state index in [2.05, 4.69) is 6.58 Å². The van der Waals surface area contributed by atoms with E-state index in [1.807, 2.05) is 26.8 Å². The van der Waals surface area contributed by atoms with Crippen LogP contribution in [-0.4, -0.2) is 36.5 Å². The van der Waals surface area contributed by atoms with Crippen LogP contribution < -0.4 is 0 Å². The predicted molar refractivity (Wildman–Crippen MR) is 78.3 cm³/mol. The Bertz CT molecular complexity index is 395. The van der Waals surface area contributed by atoms with Crippen molar-refractivity contribution in [1.29, 1.82) is 0 Å². The van der Waals surface area contributed by atoms with Crippen molar-refractivity contribution in [2.75, 3.05) is 13.9 Å². The molecule has 0 saturated heterocycles. The van der Waals surface area contributed by atoms with E-state index < -0.39 is 11.7 Å². The normalized spacial score (nSPS) is 30.1. The molecule has 0 aromatic heterocycles. The first kappa shape index (κ1) is 17.1. The van der Waals surface area contributed by atoms with Gasteiger partial charge in [0, 0.05) is 20.0 Å². The van der Waals surface area contributed by atoms with Crippen LogP contribution in [0.25, 0.3) is 0 Å². The van der Waals surface area contributed by atoms with E-state index in [1.165, 1.54) is 7.11 Å². The maximum absolute atomic E-state index is 12.4. The largest absolute Gasteiger partial charge is 0.379 e. The van der Waals surface area contributed by atoms with Gasteiger partial charge in [-0.05, 0) is 33.1 Å². The average Bonchev–Trinajstić information content (AvgIpc) is 2.37. The van der Waals surface area contributed by atoms with Crippen LogP contribution in [0.4, 0.5) is 0 Å². The number of allylic oxidation sites excluding steroid dienone is 2. The SMILES string of the molecule is C=C(C)[C@H]1CC(=O)[C@@](O)(CC=C(C)C)[C@H](OCOC)C1. The molecular weight excluding hydrogens is 256 g/mol. The number of rotatable bonds is 6. The Kier molecular flexibility index (Phi) is 6.11. The third kappa shape index (κ3) is 4.01. The minimum absolute atomic E-state index is 0.0661. The number of methoxy groups -OCH3 is 1. The molecule has 1 fully saturated rings. The molecule has 114 valence electrons. The van der Waals surface area contributed by atoms with Gasteiger partial charge in [-0.15, -0.1) is 0 Å². The lowest BCUT2D eigenvalue weighted by atomic mass is 9.72. The van der Waals surface area contributed by atoms with Crippen LogP contribution in [0, 0.1) is 5.92 Å². The highest BCUT2D eigenvalue weighted by Crippen LogP contribution is 2.37. The Balaban J connectivity index is 2.95. The maximum Gasteiger partial charge on any atom is 0.167 e. The molecule has 3 atom stereocenters. The van der Waals surface area contributed by atoms with Crippen molar-refractivity contribution in [3.63, 3.8) is 0 Å². The Hall–Kier alpha value is -0.970. The van der Waals surface area contributed by atoms with Gasteiger partial charge in [0.15, 0.2) is 11.4 Å². The minimum atomic E-state index is -1.46. The summed E-state index contributed by atoms with van der Waals surface area (Å²) in [5.41, 5.74) is 0.564. The van der Waals surface area contributed by atoms with Crippen LogP contribution in [0.1, 0.15) is 40.0 Å². The highest BCUT2D eigenvalue weighted by molar-refractivity contribution is 5.89. The topological polar surface area (TPSA) is 55.8 Å². The lowest BCUT2D eigenvalue weighted by molar-refractivity contribution is -0.183. The van der Waals surface area contributed by atoms with E-state index in [0.717, 1.165) is 11.1 Å². The molecule has 1 saturated carbocycles. The van der Waals surface area contributed by atoms with Crippen LogP contribution in [0.2, 0.25) is 0 Å². The van der Waals surface area contributed by atoms with Crippen LogP contribution >= 0.6 is 0 Å². The zero-order valence-electron chi connectivity index (χ0n) is 12.9. The third-order valence-electron chi connectivity index (χ3n) is 3.85. The second kappa shape index (κ2) is 7.16. The summed E-state index contributed by atoms with van der Waals surface area (Å²) in [7, 11) is 1.52. The molecule has 0 spiro atoms. The quantitative estimate of drug-likeness (QED) is 0.601. The van der Waals surface area contributed by atoms with E-state index in [0.29, 0.717) is 12.8 Å². The molecule has 1 rings (SSSR count). The zero-order valence-corrected chi connectivity index (χ0v) is 12.9. The third-order valence-corrected chi connectivity index (χ3v) is 3.85. The van der Waals surface area contributed by atoms with Crippen molar-refractivity contribution < 1.29 is 19.4 Å². The summed E-state index contributed by atoms with van der Waals surface area (Å²) in [5, 5.41) is 10.8. The van der Waals surface area contributed by atoms with Crippen LogP contribution in [0.5, 0.6) is 0 Å². The molecule has 4 nitrogen and oxygen atoms in total. The number of ketones is 1. The van der Waals surface area contributed by atoms with Gasteiger partial charge in [0.1, 0.15) is 6.79 Å². The predicted octanol–water partition coefficient (Wildman–Crippen LogP) is 2.62. The van der Waals surface area contributed by atoms with E-state index in [-0.39, 0.29) is 24.9 Å². The van der Waals surface area contributed by atoms with Crippen molar-refractivity contribution in [1.82, 2.24) is 0 Å². The Morgan fingerprint density at radius 2 is 2.15 bits per heavy atom. The highest BCUT2D eigenvalue weighted by atomic mass is 16.7. The second-order valence-corrected chi connectivity index (χ2v) is 5.88. The average molecular weight is 282 g/mol. The first-order valence-corrected chi connectivity index (χ1v) is 6.96. The van der Waals surface area contributed by atoms with Gasteiger partial charge in [0.2, 0.25) is 0 Å². The fourth-order valence-corrected chi connectivity index (χ4v) is 2.45. The monoisotopic (exact) mass is 282 g/mol. The molecule has 0 bridgehead atoms. The standard InChI is InChI=1S/C16H26O4/c1-11(2)6-7-16(18)14(17)8-13(12(3)4)9-15(16)20-10-19-5/h6,13,15,18H,3,7-10H2,1-2,4-5H3/t13-,15+,16-/m0/s1. The number of aliphatic hydroxyl groups is 1. The Labute approximate surface area is 121 Å². The van der Waals surface area contributed by atoms with Crippen molar-refractivity contribution in [3.8, 4) is 0 Å². The molecule has 0 unspecified atom stereocenters. The highest BCUT2D eigenvalue weighted by Gasteiger charge is 2.48. The molecule has 0 heterocycles. The lowest BCUT2D eigenvalue weighted by Crippen LogP contribution is -2.55. The number of Topliss-reactive ketones (excluding diaryl/α,β-unsaturated/α-hetero) is 1. The molecular formula is C16H26O4. The van der Waals surface area contributed by atoms with Crippen molar-refractivity contribution in [3.05, 3.63) is 23.8 Å². The second-order valence-electron chi connectivity index (χ2n) is 5.88. The summed E-state index contributed by atoms with van der Waals surface area (Å²) >= 11 is 0. The summed E-state index contributed by atoms with van der Waals surface area (Å²) < 4.78 is 10.5. The number of hydrogen-bond acceptors (Lipinski definition) is 4. The van der Waals surface area contributed by atoms with E-state index in [4.69, 9.17) is 9.47 Å². The van der Waals surface area contributed by atoms with Gasteiger partial charge < -0.3 is 14.6 Å². The van der Waals surface area contributed by atoms with Crippen LogP contribution in [0.3, 0.4) is 0 Å². The number of carbonyl (C=O) groups excluding carboxylic acids is 1. The molecule has 0 aromatic rings. The fraction of sp³-hybridized carbons (Fsp3) is 0.688. The maximum atomic E-state index is 12.4. The zero-order chi connectivity index (χ0) is 15.3. The molecule has 0 aliphatic heterocycles. The van der Waals surface area contributed by atoms with Crippen LogP contribution in [0.15, 0.2) is 23.8 Å². The summed E-state index contributed by atoms with van der Waals surface area (Å²) in [6.45, 7) is 9.78. The molecule has 1 aliphatic carbocycles. The van der Waals surface area contributed by atoms with Gasteiger partial charge in [-0.2, -0.15) is 0 Å². The van der Waals surface area contributed by atoms with Crippen molar-refractivity contribution in [2.45, 2.75) is 51.7 Å². The van der Waals surface area contributed by atoms with Gasteiger partial charge >= 0.3 is 0 Å².